The smallest absolute Gasteiger partial charge is 0.337 e. The molecular formula is C37H43N3O6. The second-order valence-corrected chi connectivity index (χ2v) is 12.1. The summed E-state index contributed by atoms with van der Waals surface area (Å²) >= 11 is 0. The molecule has 0 spiro atoms. The van der Waals surface area contributed by atoms with Crippen LogP contribution in [0.15, 0.2) is 97.2 Å². The number of nitrogens with zero attached hydrogens (tertiary/aromatic N) is 3. The highest BCUT2D eigenvalue weighted by Crippen LogP contribution is 2.34. The molecule has 1 aliphatic rings. The number of amides is 3. The highest BCUT2D eigenvalue weighted by Gasteiger charge is 2.47. The molecule has 1 heterocycles. The van der Waals surface area contributed by atoms with Gasteiger partial charge in [-0.25, -0.2) is 14.8 Å². The minimum Gasteiger partial charge on any atom is -0.461 e. The van der Waals surface area contributed by atoms with Gasteiger partial charge in [0.1, 0.15) is 6.04 Å². The number of carbonyl (C=O) groups is 4. The third kappa shape index (κ3) is 8.09. The summed E-state index contributed by atoms with van der Waals surface area (Å²) in [4.78, 5) is 56.8. The van der Waals surface area contributed by atoms with Gasteiger partial charge in [-0.1, -0.05) is 105 Å². The number of rotatable bonds is 12. The van der Waals surface area contributed by atoms with E-state index in [2.05, 4.69) is 0 Å². The summed E-state index contributed by atoms with van der Waals surface area (Å²) in [5, 5.41) is 13.9. The molecule has 0 radical (unpaired) electrons. The lowest BCUT2D eigenvalue weighted by Crippen LogP contribution is -2.64. The van der Waals surface area contributed by atoms with Crippen LogP contribution in [0.2, 0.25) is 0 Å². The number of aliphatic hydroxyl groups is 1. The van der Waals surface area contributed by atoms with Crippen LogP contribution in [0.1, 0.15) is 57.7 Å². The number of esters is 1. The van der Waals surface area contributed by atoms with Crippen LogP contribution in [0.25, 0.3) is 5.70 Å². The molecule has 2 unspecified atom stereocenters. The fraction of sp³-hybridized carbons (Fsp3) is 0.351. The van der Waals surface area contributed by atoms with Crippen molar-refractivity contribution in [2.24, 2.45) is 5.92 Å². The molecule has 46 heavy (non-hydrogen) atoms. The second-order valence-electron chi connectivity index (χ2n) is 12.1. The Bertz CT molecular complexity index is 1520. The highest BCUT2D eigenvalue weighted by atomic mass is 16.6. The van der Waals surface area contributed by atoms with Crippen molar-refractivity contribution in [1.82, 2.24) is 14.9 Å². The van der Waals surface area contributed by atoms with Gasteiger partial charge >= 0.3 is 5.97 Å². The standard InChI is InChI=1S/C37H43N3O6/c1-25(2)34-36(44)40(39(27(5)41)31(23-29-17-11-7-12-18-29)35(43)37(45)46-26(3)4)32(30-19-13-8-14-20-30)24-38(34)33(42)22-21-28-15-9-6-10-16-28/h6-20,24-26,31,34-35,43H,21-23H2,1-5H3/t31-,34?,35?/m0/s1. The zero-order valence-electron chi connectivity index (χ0n) is 27.1. The lowest BCUT2D eigenvalue weighted by atomic mass is 9.96. The number of ether oxygens (including phenoxy) is 1. The number of hydrogen-bond acceptors (Lipinski definition) is 6. The fourth-order valence-electron chi connectivity index (χ4n) is 5.69. The number of benzene rings is 3. The number of aliphatic hydroxyl groups excluding tert-OH is 1. The Labute approximate surface area is 271 Å². The Balaban J connectivity index is 1.85. The molecule has 1 N–H and O–H groups in total. The average Bonchev–Trinajstić information content (AvgIpc) is 3.04. The summed E-state index contributed by atoms with van der Waals surface area (Å²) in [6.07, 6.45) is 0.0413. The minimum absolute atomic E-state index is 0.0483. The van der Waals surface area contributed by atoms with E-state index in [1.165, 1.54) is 16.8 Å². The first kappa shape index (κ1) is 34.1. The second kappa shape index (κ2) is 15.5. The summed E-state index contributed by atoms with van der Waals surface area (Å²) in [6, 6.07) is 25.6. The molecule has 1 aliphatic heterocycles. The molecule has 0 fully saturated rings. The van der Waals surface area contributed by atoms with E-state index in [1.54, 1.807) is 44.3 Å². The summed E-state index contributed by atoms with van der Waals surface area (Å²) in [5.74, 6) is -2.57. The Kier molecular flexibility index (Phi) is 11.5. The van der Waals surface area contributed by atoms with Crippen molar-refractivity contribution in [2.75, 3.05) is 0 Å². The van der Waals surface area contributed by atoms with Crippen molar-refractivity contribution in [1.29, 1.82) is 0 Å². The fourth-order valence-corrected chi connectivity index (χ4v) is 5.69. The molecule has 0 bridgehead atoms. The number of hydrazine groups is 1. The van der Waals surface area contributed by atoms with E-state index in [0.717, 1.165) is 16.1 Å². The number of hydrogen-bond donors (Lipinski definition) is 1. The van der Waals surface area contributed by atoms with Crippen LogP contribution in [0, 0.1) is 5.92 Å². The first-order valence-corrected chi connectivity index (χ1v) is 15.7. The van der Waals surface area contributed by atoms with Gasteiger partial charge in [-0.2, -0.15) is 0 Å². The van der Waals surface area contributed by atoms with Crippen LogP contribution in [-0.2, 0) is 36.8 Å². The van der Waals surface area contributed by atoms with Gasteiger partial charge in [0.25, 0.3) is 5.91 Å². The molecule has 3 aromatic carbocycles. The summed E-state index contributed by atoms with van der Waals surface area (Å²) in [6.45, 7) is 8.30. The molecule has 9 heteroatoms. The van der Waals surface area contributed by atoms with Crippen molar-refractivity contribution in [3.8, 4) is 0 Å². The first-order valence-electron chi connectivity index (χ1n) is 15.7. The van der Waals surface area contributed by atoms with Crippen molar-refractivity contribution in [3.63, 3.8) is 0 Å². The van der Waals surface area contributed by atoms with E-state index in [0.29, 0.717) is 12.0 Å². The van der Waals surface area contributed by atoms with Gasteiger partial charge in [-0.05, 0) is 43.7 Å². The maximum atomic E-state index is 14.7. The van der Waals surface area contributed by atoms with Crippen LogP contribution in [0.4, 0.5) is 0 Å². The molecule has 0 saturated carbocycles. The molecule has 0 aliphatic carbocycles. The third-order valence-corrected chi connectivity index (χ3v) is 7.81. The van der Waals surface area contributed by atoms with E-state index in [-0.39, 0.29) is 30.4 Å². The van der Waals surface area contributed by atoms with Crippen LogP contribution < -0.4 is 0 Å². The Morgan fingerprint density at radius 3 is 1.91 bits per heavy atom. The van der Waals surface area contributed by atoms with E-state index < -0.39 is 42.1 Å². The first-order chi connectivity index (χ1) is 22.0. The van der Waals surface area contributed by atoms with Gasteiger partial charge in [-0.3, -0.25) is 14.4 Å². The lowest BCUT2D eigenvalue weighted by molar-refractivity contribution is -0.178. The van der Waals surface area contributed by atoms with Crippen molar-refractivity contribution in [2.45, 2.75) is 78.2 Å². The van der Waals surface area contributed by atoms with E-state index in [1.807, 2.05) is 80.6 Å². The summed E-state index contributed by atoms with van der Waals surface area (Å²) in [7, 11) is 0. The number of aryl methyl sites for hydroxylation is 1. The van der Waals surface area contributed by atoms with E-state index >= 15 is 0 Å². The van der Waals surface area contributed by atoms with Crippen molar-refractivity contribution < 1.29 is 29.0 Å². The average molecular weight is 626 g/mol. The van der Waals surface area contributed by atoms with Gasteiger partial charge in [0, 0.05) is 25.1 Å². The maximum Gasteiger partial charge on any atom is 0.337 e. The lowest BCUT2D eigenvalue weighted by Gasteiger charge is -2.47. The van der Waals surface area contributed by atoms with Crippen LogP contribution in [-0.4, -0.2) is 68.0 Å². The Hall–Kier alpha value is -4.76. The van der Waals surface area contributed by atoms with Crippen LogP contribution in [0.5, 0.6) is 0 Å². The van der Waals surface area contributed by atoms with E-state index in [9.17, 15) is 24.3 Å². The molecular weight excluding hydrogens is 582 g/mol. The van der Waals surface area contributed by atoms with Gasteiger partial charge < -0.3 is 14.7 Å². The Morgan fingerprint density at radius 1 is 0.848 bits per heavy atom. The summed E-state index contributed by atoms with van der Waals surface area (Å²) in [5.41, 5.74) is 2.59. The monoisotopic (exact) mass is 625 g/mol. The predicted molar refractivity (Wildman–Crippen MR) is 175 cm³/mol. The predicted octanol–water partition coefficient (Wildman–Crippen LogP) is 5.00. The molecule has 9 nitrogen and oxygen atoms in total. The Morgan fingerprint density at radius 2 is 1.39 bits per heavy atom. The highest BCUT2D eigenvalue weighted by molar-refractivity contribution is 5.98. The maximum absolute atomic E-state index is 14.7. The van der Waals surface area contributed by atoms with Crippen molar-refractivity contribution in [3.05, 3.63) is 114 Å². The van der Waals surface area contributed by atoms with E-state index in [4.69, 9.17) is 4.74 Å². The van der Waals surface area contributed by atoms with Crippen molar-refractivity contribution >= 4 is 29.4 Å². The molecule has 242 valence electrons. The van der Waals surface area contributed by atoms with Gasteiger partial charge in [0.2, 0.25) is 11.8 Å². The SMILES string of the molecule is CC(=O)N([C@@H](Cc1ccccc1)C(O)C(=O)OC(C)C)N1C(=O)C(C(C)C)N(C(=O)CCc2ccccc2)C=C1c1ccccc1. The van der Waals surface area contributed by atoms with Gasteiger partial charge in [0.15, 0.2) is 6.10 Å². The van der Waals surface area contributed by atoms with Crippen LogP contribution in [0.3, 0.4) is 0 Å². The number of carbonyl (C=O) groups excluding carboxylic acids is 4. The topological polar surface area (TPSA) is 107 Å². The molecule has 4 rings (SSSR count). The minimum atomic E-state index is -1.78. The zero-order chi connectivity index (χ0) is 33.4. The molecule has 0 aromatic heterocycles. The summed E-state index contributed by atoms with van der Waals surface area (Å²) < 4.78 is 5.36. The molecule has 3 amide bonds. The third-order valence-electron chi connectivity index (χ3n) is 7.81. The largest absolute Gasteiger partial charge is 0.461 e. The molecule has 3 atom stereocenters. The molecule has 3 aromatic rings. The molecule has 0 saturated heterocycles. The zero-order valence-corrected chi connectivity index (χ0v) is 27.1. The van der Waals surface area contributed by atoms with Gasteiger partial charge in [0.05, 0.1) is 17.8 Å². The quantitative estimate of drug-likeness (QED) is 0.284. The normalized spacial score (nSPS) is 16.2. The van der Waals surface area contributed by atoms with Gasteiger partial charge in [-0.15, -0.1) is 0 Å². The van der Waals surface area contributed by atoms with Crippen LogP contribution >= 0.6 is 0 Å².